The number of likely N-dealkylation sites (tertiary alicyclic amines) is 1. The van der Waals surface area contributed by atoms with Gasteiger partial charge in [0.2, 0.25) is 0 Å². The number of hydrogen-bond acceptors (Lipinski definition) is 6. The molecule has 67 heavy (non-hydrogen) atoms. The van der Waals surface area contributed by atoms with Crippen LogP contribution in [0.25, 0.3) is 0 Å². The highest BCUT2D eigenvalue weighted by atomic mass is 16.5. The van der Waals surface area contributed by atoms with Gasteiger partial charge in [-0.05, 0) is 94.8 Å². The molecule has 0 N–H and O–H groups in total. The van der Waals surface area contributed by atoms with Gasteiger partial charge in [0.05, 0.1) is 31.7 Å². The lowest BCUT2D eigenvalue weighted by molar-refractivity contribution is -0.151. The zero-order valence-corrected chi connectivity index (χ0v) is 45.1. The standard InChI is InChI=1S/C61H111NO5/c1-5-9-13-17-21-25-29-36-44-58(43-35-28-24-20-16-12-8-4)60(64)67-54-48-61(45-50-62(51-46-61)49-37-38-52-65-55-56-39-31-30-32-40-56)47-53-66-59(63)57(41-33-26-22-18-14-10-6-2)42-34-27-23-19-15-11-7-3/h30-32,39-40,57-58H,5-29,33-38,41-55H2,1-4H3. The number of carbonyl (C=O) groups excluding carboxylic acids is 2. The fraction of sp³-hybridized carbons (Fsp3) is 0.869. The fourth-order valence-electron chi connectivity index (χ4n) is 10.5. The minimum absolute atomic E-state index is 0.0219. The highest BCUT2D eigenvalue weighted by molar-refractivity contribution is 5.72. The number of carbonyl (C=O) groups is 2. The molecule has 1 atom stereocenters. The van der Waals surface area contributed by atoms with Crippen LogP contribution in [0.2, 0.25) is 0 Å². The van der Waals surface area contributed by atoms with Gasteiger partial charge in [-0.3, -0.25) is 9.59 Å². The van der Waals surface area contributed by atoms with E-state index in [9.17, 15) is 9.59 Å². The summed E-state index contributed by atoms with van der Waals surface area (Å²) < 4.78 is 18.6. The van der Waals surface area contributed by atoms with Crippen LogP contribution in [0, 0.1) is 17.3 Å². The molecular weight excluding hydrogens is 827 g/mol. The Kier molecular flexibility index (Phi) is 40.2. The maximum atomic E-state index is 13.9. The Labute approximate surface area is 416 Å². The number of piperidine rings is 1. The van der Waals surface area contributed by atoms with E-state index >= 15 is 0 Å². The van der Waals surface area contributed by atoms with E-state index in [0.29, 0.717) is 19.8 Å². The van der Waals surface area contributed by atoms with Gasteiger partial charge in [0, 0.05) is 6.61 Å². The van der Waals surface area contributed by atoms with Crippen molar-refractivity contribution >= 4 is 11.9 Å². The molecule has 0 saturated carbocycles. The van der Waals surface area contributed by atoms with Gasteiger partial charge in [0.25, 0.3) is 0 Å². The molecule has 1 unspecified atom stereocenters. The zero-order chi connectivity index (χ0) is 48.1. The average molecular weight is 939 g/mol. The molecule has 0 amide bonds. The number of unbranched alkanes of at least 4 members (excludes halogenated alkanes) is 26. The Hall–Kier alpha value is -1.92. The summed E-state index contributed by atoms with van der Waals surface area (Å²) in [6, 6.07) is 10.5. The van der Waals surface area contributed by atoms with Gasteiger partial charge in [0.15, 0.2) is 0 Å². The number of ether oxygens (including phenoxy) is 3. The summed E-state index contributed by atoms with van der Waals surface area (Å²) in [6.07, 6.45) is 46.9. The van der Waals surface area contributed by atoms with Crippen molar-refractivity contribution in [2.24, 2.45) is 17.3 Å². The smallest absolute Gasteiger partial charge is 0.308 e. The third-order valence-electron chi connectivity index (χ3n) is 15.3. The lowest BCUT2D eigenvalue weighted by atomic mass is 9.73. The van der Waals surface area contributed by atoms with Gasteiger partial charge in [-0.25, -0.2) is 0 Å². The van der Waals surface area contributed by atoms with Gasteiger partial charge < -0.3 is 19.1 Å². The van der Waals surface area contributed by atoms with Crippen LogP contribution >= 0.6 is 0 Å². The second-order valence-electron chi connectivity index (χ2n) is 21.3. The van der Waals surface area contributed by atoms with Crippen molar-refractivity contribution in [3.63, 3.8) is 0 Å². The van der Waals surface area contributed by atoms with Crippen LogP contribution in [0.15, 0.2) is 30.3 Å². The Morgan fingerprint density at radius 1 is 0.463 bits per heavy atom. The van der Waals surface area contributed by atoms with Crippen molar-refractivity contribution in [3.05, 3.63) is 35.9 Å². The SMILES string of the molecule is CCCCCCCCCCC(CCCCCCCCC)C(=O)OCCC1(CCOC(=O)C(CCCCCCCCC)CCCCCCCCC)CCN(CCCCOCc2ccccc2)CC1. The van der Waals surface area contributed by atoms with Crippen LogP contribution in [0.1, 0.15) is 284 Å². The zero-order valence-electron chi connectivity index (χ0n) is 45.1. The van der Waals surface area contributed by atoms with E-state index in [0.717, 1.165) is 116 Å². The van der Waals surface area contributed by atoms with E-state index in [2.05, 4.69) is 62.9 Å². The maximum Gasteiger partial charge on any atom is 0.308 e. The van der Waals surface area contributed by atoms with Crippen molar-refractivity contribution in [2.45, 2.75) is 285 Å². The molecule has 0 aliphatic carbocycles. The number of rotatable bonds is 48. The molecule has 0 radical (unpaired) electrons. The maximum absolute atomic E-state index is 13.9. The Bertz CT molecular complexity index is 1210. The van der Waals surface area contributed by atoms with E-state index in [1.165, 1.54) is 166 Å². The first kappa shape index (κ1) is 61.2. The number of esters is 2. The van der Waals surface area contributed by atoms with Crippen LogP contribution in [-0.4, -0.2) is 56.3 Å². The van der Waals surface area contributed by atoms with Gasteiger partial charge in [-0.15, -0.1) is 0 Å². The summed E-state index contributed by atoms with van der Waals surface area (Å²) in [6.45, 7) is 14.7. The van der Waals surface area contributed by atoms with Crippen LogP contribution in [0.4, 0.5) is 0 Å². The van der Waals surface area contributed by atoms with Crippen LogP contribution in [0.5, 0.6) is 0 Å². The fourth-order valence-corrected chi connectivity index (χ4v) is 10.5. The molecular formula is C61H111NO5. The molecule has 6 heteroatoms. The highest BCUT2D eigenvalue weighted by Gasteiger charge is 2.35. The summed E-state index contributed by atoms with van der Waals surface area (Å²) in [4.78, 5) is 30.3. The summed E-state index contributed by atoms with van der Waals surface area (Å²) in [5, 5.41) is 0. The van der Waals surface area contributed by atoms with Crippen molar-refractivity contribution in [3.8, 4) is 0 Å². The monoisotopic (exact) mass is 938 g/mol. The quantitative estimate of drug-likeness (QED) is 0.0479. The lowest BCUT2D eigenvalue weighted by Crippen LogP contribution is -2.42. The first-order valence-electron chi connectivity index (χ1n) is 29.6. The number of hydrogen-bond donors (Lipinski definition) is 0. The molecule has 2 rings (SSSR count). The number of benzene rings is 1. The minimum Gasteiger partial charge on any atom is -0.465 e. The van der Waals surface area contributed by atoms with Crippen molar-refractivity contribution in [1.82, 2.24) is 4.90 Å². The molecule has 0 spiro atoms. The Balaban J connectivity index is 2.00. The van der Waals surface area contributed by atoms with Crippen molar-refractivity contribution < 1.29 is 23.8 Å². The summed E-state index contributed by atoms with van der Waals surface area (Å²) >= 11 is 0. The van der Waals surface area contributed by atoms with E-state index in [1.807, 2.05) is 0 Å². The Morgan fingerprint density at radius 2 is 0.821 bits per heavy atom. The molecule has 1 aromatic carbocycles. The largest absolute Gasteiger partial charge is 0.465 e. The van der Waals surface area contributed by atoms with Crippen LogP contribution < -0.4 is 0 Å². The molecule has 0 aromatic heterocycles. The third-order valence-corrected chi connectivity index (χ3v) is 15.3. The lowest BCUT2D eigenvalue weighted by Gasteiger charge is -2.42. The molecule has 1 aliphatic rings. The minimum atomic E-state index is 0.0219. The van der Waals surface area contributed by atoms with Gasteiger partial charge in [-0.1, -0.05) is 244 Å². The van der Waals surface area contributed by atoms with Crippen LogP contribution in [0.3, 0.4) is 0 Å². The van der Waals surface area contributed by atoms with Gasteiger partial charge in [-0.2, -0.15) is 0 Å². The van der Waals surface area contributed by atoms with E-state index in [4.69, 9.17) is 14.2 Å². The molecule has 0 bridgehead atoms. The molecule has 390 valence electrons. The van der Waals surface area contributed by atoms with Crippen molar-refractivity contribution in [2.75, 3.05) is 39.5 Å². The van der Waals surface area contributed by atoms with E-state index in [-0.39, 0.29) is 29.2 Å². The van der Waals surface area contributed by atoms with E-state index in [1.54, 1.807) is 0 Å². The van der Waals surface area contributed by atoms with Gasteiger partial charge >= 0.3 is 11.9 Å². The average Bonchev–Trinajstić information content (AvgIpc) is 3.34. The highest BCUT2D eigenvalue weighted by Crippen LogP contribution is 2.39. The third kappa shape index (κ3) is 33.3. The molecule has 1 fully saturated rings. The predicted octanol–water partition coefficient (Wildman–Crippen LogP) is 18.1. The van der Waals surface area contributed by atoms with Gasteiger partial charge in [0.1, 0.15) is 0 Å². The predicted molar refractivity (Wildman–Crippen MR) is 287 cm³/mol. The second-order valence-corrected chi connectivity index (χ2v) is 21.3. The first-order chi connectivity index (χ1) is 33.0. The molecule has 6 nitrogen and oxygen atoms in total. The molecule has 1 saturated heterocycles. The number of nitrogens with zero attached hydrogens (tertiary/aromatic N) is 1. The van der Waals surface area contributed by atoms with Crippen LogP contribution in [-0.2, 0) is 30.4 Å². The summed E-state index contributed by atoms with van der Waals surface area (Å²) in [5.74, 6) is 0.132. The topological polar surface area (TPSA) is 65.1 Å². The molecule has 1 aliphatic heterocycles. The Morgan fingerprint density at radius 3 is 1.19 bits per heavy atom. The normalized spacial score (nSPS) is 14.5. The summed E-state index contributed by atoms with van der Waals surface area (Å²) in [5.41, 5.74) is 1.25. The first-order valence-corrected chi connectivity index (χ1v) is 29.6. The summed E-state index contributed by atoms with van der Waals surface area (Å²) in [7, 11) is 0. The molecule has 1 aromatic rings. The molecule has 1 heterocycles. The van der Waals surface area contributed by atoms with E-state index < -0.39 is 0 Å². The van der Waals surface area contributed by atoms with Crippen molar-refractivity contribution in [1.29, 1.82) is 0 Å². The second kappa shape index (κ2) is 44.1.